The van der Waals surface area contributed by atoms with Crippen molar-refractivity contribution in [1.29, 1.82) is 0 Å². The summed E-state index contributed by atoms with van der Waals surface area (Å²) in [6.07, 6.45) is -0.609. The fourth-order valence-corrected chi connectivity index (χ4v) is 3.57. The second-order valence-electron chi connectivity index (χ2n) is 7.70. The van der Waals surface area contributed by atoms with E-state index in [2.05, 4.69) is 17.2 Å². The molecule has 3 rings (SSSR count). The van der Waals surface area contributed by atoms with Crippen molar-refractivity contribution in [3.63, 3.8) is 0 Å². The van der Waals surface area contributed by atoms with E-state index in [9.17, 15) is 22.8 Å². The fourth-order valence-electron chi connectivity index (χ4n) is 3.57. The third-order valence-corrected chi connectivity index (χ3v) is 5.36. The van der Waals surface area contributed by atoms with Crippen molar-refractivity contribution in [3.8, 4) is 5.88 Å². The molecule has 1 N–H and O–H groups in total. The summed E-state index contributed by atoms with van der Waals surface area (Å²) in [5.74, 6) is -0.460. The molecule has 0 unspecified atom stereocenters. The van der Waals surface area contributed by atoms with Gasteiger partial charge in [-0.3, -0.25) is 4.79 Å². The number of ether oxygens (including phenoxy) is 1. The van der Waals surface area contributed by atoms with E-state index in [0.717, 1.165) is 31.0 Å². The largest absolute Gasteiger partial charge is 0.417 e. The van der Waals surface area contributed by atoms with Crippen molar-refractivity contribution >= 4 is 17.7 Å². The van der Waals surface area contributed by atoms with Crippen molar-refractivity contribution in [3.05, 3.63) is 53.7 Å². The molecular formula is C23H27F3N4O3. The summed E-state index contributed by atoms with van der Waals surface area (Å²) in [5, 5.41) is 2.67. The Kier molecular flexibility index (Phi) is 8.13. The highest BCUT2D eigenvalue weighted by Gasteiger charge is 2.36. The average Bonchev–Trinajstić information content (AvgIpc) is 2.81. The second kappa shape index (κ2) is 11.0. The van der Waals surface area contributed by atoms with Crippen LogP contribution in [0.3, 0.4) is 0 Å². The van der Waals surface area contributed by atoms with Crippen molar-refractivity contribution in [1.82, 2.24) is 15.2 Å². The van der Waals surface area contributed by atoms with Crippen LogP contribution >= 0.6 is 0 Å². The minimum atomic E-state index is -4.59. The Labute approximate surface area is 190 Å². The Hall–Kier alpha value is -3.30. The first-order valence-corrected chi connectivity index (χ1v) is 10.9. The molecule has 0 spiro atoms. The van der Waals surface area contributed by atoms with Gasteiger partial charge in [0.1, 0.15) is 0 Å². The van der Waals surface area contributed by atoms with Gasteiger partial charge in [0.25, 0.3) is 5.91 Å². The molecule has 2 aromatic rings. The number of alkyl halides is 3. The number of halogens is 3. The molecule has 0 radical (unpaired) electrons. The van der Waals surface area contributed by atoms with E-state index in [0.29, 0.717) is 19.6 Å². The molecule has 7 nitrogen and oxygen atoms in total. The van der Waals surface area contributed by atoms with E-state index in [1.54, 1.807) is 18.3 Å². The Balaban J connectivity index is 1.53. The third kappa shape index (κ3) is 6.59. The molecule has 0 saturated carbocycles. The van der Waals surface area contributed by atoms with Crippen LogP contribution in [0.1, 0.15) is 42.1 Å². The normalized spacial score (nSPS) is 14.2. The molecule has 1 aromatic carbocycles. The number of amides is 2. The van der Waals surface area contributed by atoms with E-state index in [1.807, 2.05) is 4.90 Å². The summed E-state index contributed by atoms with van der Waals surface area (Å²) in [5.41, 5.74) is -0.491. The smallest absolute Gasteiger partial charge is 0.391 e. The molecule has 10 heteroatoms. The molecule has 1 aliphatic rings. The van der Waals surface area contributed by atoms with Gasteiger partial charge in [0.05, 0.1) is 23.0 Å². The Morgan fingerprint density at radius 2 is 1.79 bits per heavy atom. The van der Waals surface area contributed by atoms with Crippen LogP contribution in [0, 0.1) is 0 Å². The number of hydrogen-bond acceptors (Lipinski definition) is 5. The van der Waals surface area contributed by atoms with Crippen LogP contribution in [0.25, 0.3) is 0 Å². The molecule has 1 saturated heterocycles. The summed E-state index contributed by atoms with van der Waals surface area (Å²) in [7, 11) is 0. The average molecular weight is 464 g/mol. The van der Waals surface area contributed by atoms with Gasteiger partial charge in [0.15, 0.2) is 0 Å². The highest BCUT2D eigenvalue weighted by Crippen LogP contribution is 2.32. The Morgan fingerprint density at radius 3 is 2.42 bits per heavy atom. The quantitative estimate of drug-likeness (QED) is 0.617. The lowest BCUT2D eigenvalue weighted by atomic mass is 10.1. The SMILES string of the molecule is CCCCCNC(=O)Oc1ccc(N2CCN(C(=O)c3ccccc3C(F)(F)F)CC2)cn1. The Bertz CT molecular complexity index is 943. The topological polar surface area (TPSA) is 74.8 Å². The molecule has 2 amide bonds. The van der Waals surface area contributed by atoms with Gasteiger partial charge >= 0.3 is 12.3 Å². The number of carbonyl (C=O) groups is 2. The number of carbonyl (C=O) groups excluding carboxylic acids is 2. The number of aromatic nitrogens is 1. The number of pyridine rings is 1. The first-order valence-electron chi connectivity index (χ1n) is 10.9. The standard InChI is InChI=1S/C23H27F3N4O3/c1-2-3-6-11-27-22(32)33-20-10-9-17(16-28-20)29-12-14-30(15-13-29)21(31)18-7-4-5-8-19(18)23(24,25)26/h4-5,7-10,16H,2-3,6,11-15H2,1H3,(H,27,32). The van der Waals surface area contributed by atoms with Crippen LogP contribution < -0.4 is 15.0 Å². The maximum atomic E-state index is 13.2. The molecule has 0 aliphatic carbocycles. The number of nitrogens with one attached hydrogen (secondary N) is 1. The molecule has 33 heavy (non-hydrogen) atoms. The number of piperazine rings is 1. The number of hydrogen-bond donors (Lipinski definition) is 1. The first kappa shape index (κ1) is 24.3. The zero-order chi connectivity index (χ0) is 23.8. The fraction of sp³-hybridized carbons (Fsp3) is 0.435. The predicted octanol–water partition coefficient (Wildman–Crippen LogP) is 4.34. The summed E-state index contributed by atoms with van der Waals surface area (Å²) >= 11 is 0. The minimum absolute atomic E-state index is 0.171. The zero-order valence-electron chi connectivity index (χ0n) is 18.4. The van der Waals surface area contributed by atoms with E-state index in [-0.39, 0.29) is 24.5 Å². The highest BCUT2D eigenvalue weighted by molar-refractivity contribution is 5.96. The van der Waals surface area contributed by atoms with Crippen molar-refractivity contribution in [2.24, 2.45) is 0 Å². The van der Waals surface area contributed by atoms with E-state index < -0.39 is 23.7 Å². The molecule has 178 valence electrons. The monoisotopic (exact) mass is 464 g/mol. The number of benzene rings is 1. The molecule has 1 fully saturated rings. The molecular weight excluding hydrogens is 437 g/mol. The van der Waals surface area contributed by atoms with Crippen LogP contribution in [-0.2, 0) is 6.18 Å². The number of unbranched alkanes of at least 4 members (excludes halogenated alkanes) is 2. The second-order valence-corrected chi connectivity index (χ2v) is 7.70. The van der Waals surface area contributed by atoms with Gasteiger partial charge in [0, 0.05) is 38.8 Å². The maximum Gasteiger partial charge on any atom is 0.417 e. The molecule has 1 aliphatic heterocycles. The summed E-state index contributed by atoms with van der Waals surface area (Å²) in [4.78, 5) is 32.0. The van der Waals surface area contributed by atoms with E-state index in [1.165, 1.54) is 23.1 Å². The van der Waals surface area contributed by atoms with Crippen molar-refractivity contribution in [2.75, 3.05) is 37.6 Å². The highest BCUT2D eigenvalue weighted by atomic mass is 19.4. The Morgan fingerprint density at radius 1 is 1.06 bits per heavy atom. The predicted molar refractivity (Wildman–Crippen MR) is 117 cm³/mol. The van der Waals surface area contributed by atoms with Crippen LogP contribution in [0.2, 0.25) is 0 Å². The lowest BCUT2D eigenvalue weighted by Crippen LogP contribution is -2.49. The summed E-state index contributed by atoms with van der Waals surface area (Å²) < 4.78 is 44.9. The van der Waals surface area contributed by atoms with Crippen LogP contribution in [0.5, 0.6) is 5.88 Å². The lowest BCUT2D eigenvalue weighted by Gasteiger charge is -2.36. The van der Waals surface area contributed by atoms with Gasteiger partial charge in [-0.2, -0.15) is 13.2 Å². The first-order chi connectivity index (χ1) is 15.8. The molecule has 1 aromatic heterocycles. The van der Waals surface area contributed by atoms with Gasteiger partial charge in [-0.25, -0.2) is 9.78 Å². The van der Waals surface area contributed by atoms with Gasteiger partial charge in [0.2, 0.25) is 5.88 Å². The van der Waals surface area contributed by atoms with Crippen LogP contribution in [0.15, 0.2) is 42.6 Å². The number of anilines is 1. The maximum absolute atomic E-state index is 13.2. The van der Waals surface area contributed by atoms with Crippen molar-refractivity contribution in [2.45, 2.75) is 32.4 Å². The molecule has 0 bridgehead atoms. The lowest BCUT2D eigenvalue weighted by molar-refractivity contribution is -0.138. The van der Waals surface area contributed by atoms with Gasteiger partial charge in [-0.1, -0.05) is 31.9 Å². The van der Waals surface area contributed by atoms with Crippen LogP contribution in [-0.4, -0.2) is 54.6 Å². The summed E-state index contributed by atoms with van der Waals surface area (Å²) in [6, 6.07) is 8.17. The molecule has 0 atom stereocenters. The van der Waals surface area contributed by atoms with Gasteiger partial charge in [-0.05, 0) is 24.6 Å². The van der Waals surface area contributed by atoms with E-state index >= 15 is 0 Å². The van der Waals surface area contributed by atoms with E-state index in [4.69, 9.17) is 4.74 Å². The zero-order valence-corrected chi connectivity index (χ0v) is 18.4. The minimum Gasteiger partial charge on any atom is -0.391 e. The molecule has 2 heterocycles. The van der Waals surface area contributed by atoms with Crippen LogP contribution in [0.4, 0.5) is 23.7 Å². The summed E-state index contributed by atoms with van der Waals surface area (Å²) in [6.45, 7) is 4.07. The van der Waals surface area contributed by atoms with Gasteiger partial charge < -0.3 is 19.9 Å². The van der Waals surface area contributed by atoms with Gasteiger partial charge in [-0.15, -0.1) is 0 Å². The number of nitrogens with zero attached hydrogens (tertiary/aromatic N) is 3. The van der Waals surface area contributed by atoms with Crippen molar-refractivity contribution < 1.29 is 27.5 Å². The third-order valence-electron chi connectivity index (χ3n) is 5.36. The number of rotatable bonds is 7.